The van der Waals surface area contributed by atoms with Gasteiger partial charge in [0, 0.05) is 30.7 Å². The van der Waals surface area contributed by atoms with Gasteiger partial charge in [0.05, 0.1) is 0 Å². The van der Waals surface area contributed by atoms with Gasteiger partial charge in [0.15, 0.2) is 11.5 Å². The summed E-state index contributed by atoms with van der Waals surface area (Å²) in [7, 11) is 2.19. The normalized spacial score (nSPS) is 16.7. The van der Waals surface area contributed by atoms with Crippen LogP contribution in [-0.4, -0.2) is 42.9 Å². The van der Waals surface area contributed by atoms with Gasteiger partial charge in [-0.15, -0.1) is 0 Å². The second kappa shape index (κ2) is 5.07. The Morgan fingerprint density at radius 2 is 2.10 bits per heavy atom. The number of anilines is 1. The van der Waals surface area contributed by atoms with E-state index >= 15 is 0 Å². The van der Waals surface area contributed by atoms with Gasteiger partial charge in [0.2, 0.25) is 6.79 Å². The van der Waals surface area contributed by atoms with Crippen molar-refractivity contribution < 1.29 is 9.47 Å². The summed E-state index contributed by atoms with van der Waals surface area (Å²) in [6, 6.07) is 6.82. The van der Waals surface area contributed by atoms with Crippen LogP contribution in [0.5, 0.6) is 11.5 Å². The van der Waals surface area contributed by atoms with E-state index in [0.29, 0.717) is 6.79 Å². The summed E-state index contributed by atoms with van der Waals surface area (Å²) >= 11 is 0. The molecule has 0 unspecified atom stereocenters. The molecular formula is C16H19N3O2. The molecule has 0 spiro atoms. The van der Waals surface area contributed by atoms with Crippen LogP contribution in [0.3, 0.4) is 0 Å². The van der Waals surface area contributed by atoms with E-state index < -0.39 is 0 Å². The van der Waals surface area contributed by atoms with Gasteiger partial charge in [-0.3, -0.25) is 0 Å². The lowest BCUT2D eigenvalue weighted by Crippen LogP contribution is -2.27. The standard InChI is InChI=1S/C16H19N3O2/c1-19(12-2-3-12)7-6-18-16-13-9-15-14(20-10-21-15)8-11(13)4-5-17-16/h4-5,8-9,12H,2-3,6-7,10H2,1H3,(H,17,18). The highest BCUT2D eigenvalue weighted by atomic mass is 16.7. The number of ether oxygens (including phenoxy) is 2. The zero-order chi connectivity index (χ0) is 14.2. The predicted octanol–water partition coefficient (Wildman–Crippen LogP) is 2.47. The monoisotopic (exact) mass is 285 g/mol. The van der Waals surface area contributed by atoms with Crippen molar-refractivity contribution >= 4 is 16.6 Å². The lowest BCUT2D eigenvalue weighted by atomic mass is 10.1. The topological polar surface area (TPSA) is 46.6 Å². The van der Waals surface area contributed by atoms with Crippen molar-refractivity contribution in [3.63, 3.8) is 0 Å². The average Bonchev–Trinajstić information content (AvgIpc) is 3.25. The molecule has 1 aromatic carbocycles. The SMILES string of the molecule is CN(CCNc1nccc2cc3c(cc12)OCO3)C1CC1. The Kier molecular flexibility index (Phi) is 3.07. The van der Waals surface area contributed by atoms with Crippen LogP contribution in [0, 0.1) is 0 Å². The summed E-state index contributed by atoms with van der Waals surface area (Å²) < 4.78 is 10.9. The van der Waals surface area contributed by atoms with Crippen LogP contribution in [-0.2, 0) is 0 Å². The fraction of sp³-hybridized carbons (Fsp3) is 0.438. The highest BCUT2D eigenvalue weighted by molar-refractivity contribution is 5.94. The molecule has 21 heavy (non-hydrogen) atoms. The minimum atomic E-state index is 0.300. The molecule has 110 valence electrons. The number of nitrogens with zero attached hydrogens (tertiary/aromatic N) is 2. The Bertz CT molecular complexity index is 670. The molecule has 0 radical (unpaired) electrons. The summed E-state index contributed by atoms with van der Waals surface area (Å²) in [5.74, 6) is 2.52. The van der Waals surface area contributed by atoms with Crippen LogP contribution in [0.2, 0.25) is 0 Å². The molecule has 0 saturated heterocycles. The molecule has 5 nitrogen and oxygen atoms in total. The first-order chi connectivity index (χ1) is 10.3. The molecule has 1 saturated carbocycles. The number of likely N-dealkylation sites (N-methyl/N-ethyl adjacent to an activating group) is 1. The zero-order valence-electron chi connectivity index (χ0n) is 12.1. The zero-order valence-corrected chi connectivity index (χ0v) is 12.1. The quantitative estimate of drug-likeness (QED) is 0.914. The van der Waals surface area contributed by atoms with E-state index in [1.54, 1.807) is 0 Å². The molecule has 4 rings (SSSR count). The largest absolute Gasteiger partial charge is 0.454 e. The first-order valence-corrected chi connectivity index (χ1v) is 7.44. The summed E-state index contributed by atoms with van der Waals surface area (Å²) in [6.07, 6.45) is 4.51. The van der Waals surface area contributed by atoms with Gasteiger partial charge in [-0.25, -0.2) is 4.98 Å². The third-order valence-electron chi connectivity index (χ3n) is 4.18. The third kappa shape index (κ3) is 2.49. The summed E-state index contributed by atoms with van der Waals surface area (Å²) in [5.41, 5.74) is 0. The van der Waals surface area contributed by atoms with Crippen molar-refractivity contribution in [3.8, 4) is 11.5 Å². The third-order valence-corrected chi connectivity index (χ3v) is 4.18. The molecule has 5 heteroatoms. The lowest BCUT2D eigenvalue weighted by Gasteiger charge is -2.16. The van der Waals surface area contributed by atoms with E-state index in [-0.39, 0.29) is 0 Å². The maximum Gasteiger partial charge on any atom is 0.231 e. The van der Waals surface area contributed by atoms with Crippen LogP contribution in [0.4, 0.5) is 5.82 Å². The number of benzene rings is 1. The second-order valence-electron chi connectivity index (χ2n) is 5.72. The number of hydrogen-bond acceptors (Lipinski definition) is 5. The van der Waals surface area contributed by atoms with Crippen LogP contribution < -0.4 is 14.8 Å². The van der Waals surface area contributed by atoms with Gasteiger partial charge >= 0.3 is 0 Å². The van der Waals surface area contributed by atoms with E-state index in [1.165, 1.54) is 12.8 Å². The van der Waals surface area contributed by atoms with Crippen LogP contribution in [0.1, 0.15) is 12.8 Å². The van der Waals surface area contributed by atoms with E-state index in [4.69, 9.17) is 9.47 Å². The average molecular weight is 285 g/mol. The Morgan fingerprint density at radius 3 is 2.90 bits per heavy atom. The van der Waals surface area contributed by atoms with Crippen molar-refractivity contribution in [1.29, 1.82) is 0 Å². The Hall–Kier alpha value is -2.01. The van der Waals surface area contributed by atoms with Gasteiger partial charge in [-0.2, -0.15) is 0 Å². The van der Waals surface area contributed by atoms with Crippen molar-refractivity contribution in [2.75, 3.05) is 32.2 Å². The first-order valence-electron chi connectivity index (χ1n) is 7.44. The minimum Gasteiger partial charge on any atom is -0.454 e. The van der Waals surface area contributed by atoms with Crippen LogP contribution >= 0.6 is 0 Å². The lowest BCUT2D eigenvalue weighted by molar-refractivity contribution is 0.174. The first kappa shape index (κ1) is 12.7. The molecule has 0 amide bonds. The second-order valence-corrected chi connectivity index (χ2v) is 5.72. The van der Waals surface area contributed by atoms with Crippen LogP contribution in [0.25, 0.3) is 10.8 Å². The maximum absolute atomic E-state index is 5.46. The molecule has 1 aliphatic carbocycles. The van der Waals surface area contributed by atoms with Gasteiger partial charge in [0.1, 0.15) is 5.82 Å². The summed E-state index contributed by atoms with van der Waals surface area (Å²) in [4.78, 5) is 6.87. The number of fused-ring (bicyclic) bond motifs is 2. The number of aromatic nitrogens is 1. The van der Waals surface area contributed by atoms with Crippen molar-refractivity contribution in [2.45, 2.75) is 18.9 Å². The highest BCUT2D eigenvalue weighted by Crippen LogP contribution is 2.37. The molecule has 1 fully saturated rings. The molecule has 2 aliphatic rings. The van der Waals surface area contributed by atoms with E-state index in [1.807, 2.05) is 24.4 Å². The number of pyridine rings is 1. The number of rotatable bonds is 5. The van der Waals surface area contributed by atoms with Crippen molar-refractivity contribution in [3.05, 3.63) is 24.4 Å². The van der Waals surface area contributed by atoms with Gasteiger partial charge < -0.3 is 19.7 Å². The van der Waals surface area contributed by atoms with E-state index in [2.05, 4.69) is 22.2 Å². The Balaban J connectivity index is 1.53. The fourth-order valence-corrected chi connectivity index (χ4v) is 2.75. The van der Waals surface area contributed by atoms with E-state index in [9.17, 15) is 0 Å². The Morgan fingerprint density at radius 1 is 1.29 bits per heavy atom. The van der Waals surface area contributed by atoms with Crippen molar-refractivity contribution in [2.24, 2.45) is 0 Å². The van der Waals surface area contributed by atoms with Crippen molar-refractivity contribution in [1.82, 2.24) is 9.88 Å². The molecule has 0 bridgehead atoms. The number of nitrogens with one attached hydrogen (secondary N) is 1. The predicted molar refractivity (Wildman–Crippen MR) is 82.0 cm³/mol. The number of hydrogen-bond donors (Lipinski definition) is 1. The van der Waals surface area contributed by atoms with Gasteiger partial charge in [0.25, 0.3) is 0 Å². The Labute approximate surface area is 123 Å². The molecule has 1 N–H and O–H groups in total. The highest BCUT2D eigenvalue weighted by Gasteiger charge is 2.25. The smallest absolute Gasteiger partial charge is 0.231 e. The summed E-state index contributed by atoms with van der Waals surface area (Å²) in [6.45, 7) is 2.23. The van der Waals surface area contributed by atoms with Crippen LogP contribution in [0.15, 0.2) is 24.4 Å². The molecule has 2 heterocycles. The minimum absolute atomic E-state index is 0.300. The molecule has 0 atom stereocenters. The fourth-order valence-electron chi connectivity index (χ4n) is 2.75. The molecule has 1 aliphatic heterocycles. The maximum atomic E-state index is 5.46. The van der Waals surface area contributed by atoms with Gasteiger partial charge in [-0.1, -0.05) is 0 Å². The molecule has 1 aromatic heterocycles. The molecular weight excluding hydrogens is 266 g/mol. The van der Waals surface area contributed by atoms with Gasteiger partial charge in [-0.05, 0) is 43.5 Å². The summed E-state index contributed by atoms with van der Waals surface area (Å²) in [5, 5.41) is 5.64. The van der Waals surface area contributed by atoms with E-state index in [0.717, 1.165) is 47.2 Å². The molecule has 2 aromatic rings.